The third kappa shape index (κ3) is 4.47. The van der Waals surface area contributed by atoms with E-state index in [0.717, 1.165) is 39.0 Å². The Balaban J connectivity index is 1.36. The Hall–Kier alpha value is -1.96. The number of aliphatic hydroxyl groups is 1. The molecular formula is C22H32N4O3. The number of aliphatic hydroxyl groups excluding tert-OH is 1. The van der Waals surface area contributed by atoms with Gasteiger partial charge >= 0.3 is 0 Å². The van der Waals surface area contributed by atoms with Gasteiger partial charge in [0.05, 0.1) is 11.6 Å². The minimum atomic E-state index is -0.301. The van der Waals surface area contributed by atoms with E-state index < -0.39 is 0 Å². The maximum Gasteiger partial charge on any atom is 0.224 e. The lowest BCUT2D eigenvalue weighted by molar-refractivity contribution is -0.150. The minimum absolute atomic E-state index is 0.0409. The van der Waals surface area contributed by atoms with Crippen molar-refractivity contribution in [2.45, 2.75) is 43.9 Å². The van der Waals surface area contributed by atoms with Crippen LogP contribution in [0.3, 0.4) is 0 Å². The Kier molecular flexibility index (Phi) is 5.90. The predicted octanol–water partition coefficient (Wildman–Crippen LogP) is 0.0871. The first-order valence-electron chi connectivity index (χ1n) is 10.7. The van der Waals surface area contributed by atoms with Gasteiger partial charge in [-0.3, -0.25) is 19.4 Å². The highest BCUT2D eigenvalue weighted by Crippen LogP contribution is 2.39. The van der Waals surface area contributed by atoms with Crippen LogP contribution in [-0.4, -0.2) is 95.1 Å². The molecule has 2 atom stereocenters. The molecule has 0 radical (unpaired) electrons. The lowest BCUT2D eigenvalue weighted by Crippen LogP contribution is -2.78. The second kappa shape index (κ2) is 8.42. The molecule has 4 rings (SSSR count). The van der Waals surface area contributed by atoms with E-state index in [4.69, 9.17) is 0 Å². The summed E-state index contributed by atoms with van der Waals surface area (Å²) in [6.07, 6.45) is 1.80. The average molecular weight is 401 g/mol. The Labute approximate surface area is 172 Å². The maximum absolute atomic E-state index is 12.7. The quantitative estimate of drug-likeness (QED) is 0.708. The topological polar surface area (TPSA) is 76.1 Å². The highest BCUT2D eigenvalue weighted by molar-refractivity contribution is 5.78. The smallest absolute Gasteiger partial charge is 0.224 e. The number of nitrogens with one attached hydrogen (secondary N) is 1. The zero-order chi connectivity index (χ0) is 20.4. The van der Waals surface area contributed by atoms with Gasteiger partial charge in [0.15, 0.2) is 0 Å². The van der Waals surface area contributed by atoms with Gasteiger partial charge in [-0.2, -0.15) is 0 Å². The van der Waals surface area contributed by atoms with Crippen molar-refractivity contribution in [3.8, 4) is 0 Å². The first-order chi connectivity index (χ1) is 13.9. The molecular weight excluding hydrogens is 368 g/mol. The van der Waals surface area contributed by atoms with Gasteiger partial charge in [-0.05, 0) is 18.4 Å². The van der Waals surface area contributed by atoms with Gasteiger partial charge in [-0.15, -0.1) is 0 Å². The molecule has 2 N–H and O–H groups in total. The van der Waals surface area contributed by atoms with Crippen molar-refractivity contribution in [3.63, 3.8) is 0 Å². The predicted molar refractivity (Wildman–Crippen MR) is 110 cm³/mol. The van der Waals surface area contributed by atoms with Crippen molar-refractivity contribution in [1.82, 2.24) is 20.0 Å². The van der Waals surface area contributed by atoms with Gasteiger partial charge in [0.25, 0.3) is 0 Å². The molecule has 7 heteroatoms. The van der Waals surface area contributed by atoms with E-state index in [1.807, 2.05) is 11.0 Å². The van der Waals surface area contributed by atoms with E-state index in [-0.39, 0.29) is 29.5 Å². The van der Waals surface area contributed by atoms with Crippen LogP contribution in [0.25, 0.3) is 0 Å². The number of amides is 2. The fourth-order valence-electron chi connectivity index (χ4n) is 5.26. The molecule has 1 aromatic rings. The van der Waals surface area contributed by atoms with Crippen LogP contribution in [0.4, 0.5) is 0 Å². The number of fused-ring (bicyclic) bond motifs is 2. The van der Waals surface area contributed by atoms with Crippen LogP contribution < -0.4 is 5.32 Å². The molecule has 0 saturated carbocycles. The molecule has 3 saturated heterocycles. The lowest BCUT2D eigenvalue weighted by Gasteiger charge is -2.61. The van der Waals surface area contributed by atoms with Crippen molar-refractivity contribution in [3.05, 3.63) is 35.9 Å². The molecule has 3 fully saturated rings. The van der Waals surface area contributed by atoms with Crippen molar-refractivity contribution in [2.75, 3.05) is 45.8 Å². The molecule has 1 aromatic carbocycles. The molecule has 2 amide bonds. The summed E-state index contributed by atoms with van der Waals surface area (Å²) in [6.45, 7) is 6.87. The summed E-state index contributed by atoms with van der Waals surface area (Å²) in [5.74, 6) is -0.00652. The number of benzene rings is 1. The van der Waals surface area contributed by atoms with Gasteiger partial charge in [-0.25, -0.2) is 0 Å². The van der Waals surface area contributed by atoms with Crippen LogP contribution in [0.5, 0.6) is 0 Å². The van der Waals surface area contributed by atoms with Crippen LogP contribution >= 0.6 is 0 Å². The molecule has 29 heavy (non-hydrogen) atoms. The van der Waals surface area contributed by atoms with Gasteiger partial charge in [0, 0.05) is 65.2 Å². The summed E-state index contributed by atoms with van der Waals surface area (Å²) in [7, 11) is 0. The molecule has 0 unspecified atom stereocenters. The molecule has 0 aliphatic carbocycles. The van der Waals surface area contributed by atoms with Crippen molar-refractivity contribution in [1.29, 1.82) is 0 Å². The van der Waals surface area contributed by atoms with E-state index in [0.29, 0.717) is 26.1 Å². The number of hydrogen-bond acceptors (Lipinski definition) is 5. The number of carbonyl (C=O) groups is 2. The molecule has 3 heterocycles. The number of hydrogen-bond donors (Lipinski definition) is 2. The number of β-amino-alcohol motifs (C(OH)–C–C–N with tert-alkyl or cyclic N) is 1. The monoisotopic (exact) mass is 400 g/mol. The van der Waals surface area contributed by atoms with E-state index in [9.17, 15) is 14.7 Å². The van der Waals surface area contributed by atoms with Gasteiger partial charge in [0.2, 0.25) is 11.8 Å². The molecule has 7 nitrogen and oxygen atoms in total. The van der Waals surface area contributed by atoms with Crippen molar-refractivity contribution >= 4 is 11.8 Å². The minimum Gasteiger partial charge on any atom is -0.392 e. The fraction of sp³-hybridized carbons (Fsp3) is 0.636. The normalized spacial score (nSPS) is 26.2. The largest absolute Gasteiger partial charge is 0.392 e. The fourth-order valence-corrected chi connectivity index (χ4v) is 5.26. The lowest BCUT2D eigenvalue weighted by atomic mass is 9.83. The Morgan fingerprint density at radius 3 is 2.66 bits per heavy atom. The molecule has 1 spiro atoms. The van der Waals surface area contributed by atoms with Gasteiger partial charge in [0.1, 0.15) is 0 Å². The highest BCUT2D eigenvalue weighted by Gasteiger charge is 2.56. The van der Waals surface area contributed by atoms with Crippen LogP contribution in [0.1, 0.15) is 25.3 Å². The third-order valence-corrected chi connectivity index (χ3v) is 6.58. The molecule has 0 aromatic heterocycles. The Bertz CT molecular complexity index is 735. The van der Waals surface area contributed by atoms with E-state index >= 15 is 0 Å². The Morgan fingerprint density at radius 2 is 1.93 bits per heavy atom. The maximum atomic E-state index is 12.7. The zero-order valence-corrected chi connectivity index (χ0v) is 17.2. The van der Waals surface area contributed by atoms with Crippen LogP contribution in [-0.2, 0) is 16.0 Å². The number of rotatable bonds is 6. The van der Waals surface area contributed by atoms with Gasteiger partial charge in [-0.1, -0.05) is 30.3 Å². The zero-order valence-electron chi connectivity index (χ0n) is 17.2. The number of carbonyl (C=O) groups excluding carboxylic acids is 2. The van der Waals surface area contributed by atoms with Crippen molar-refractivity contribution in [2.24, 2.45) is 0 Å². The standard InChI is InChI=1S/C22H32N4O3/c1-17(27)23-9-7-21(29)25-12-19-11-20(28)13-26(19)22(16-25)14-24(15-22)10-8-18-5-3-2-4-6-18/h2-6,19-20,28H,7-16H2,1H3,(H,23,27)/t19-,20-/m1/s1. The summed E-state index contributed by atoms with van der Waals surface area (Å²) >= 11 is 0. The molecule has 0 bridgehead atoms. The first-order valence-corrected chi connectivity index (χ1v) is 10.7. The van der Waals surface area contributed by atoms with Gasteiger partial charge < -0.3 is 15.3 Å². The second-order valence-electron chi connectivity index (χ2n) is 8.87. The van der Waals surface area contributed by atoms with Crippen molar-refractivity contribution < 1.29 is 14.7 Å². The SMILES string of the molecule is CC(=O)NCCC(=O)N1C[C@H]2C[C@@H](O)CN2C2(CN(CCc3ccccc3)C2)C1. The second-order valence-corrected chi connectivity index (χ2v) is 8.87. The third-order valence-electron chi connectivity index (χ3n) is 6.58. The Morgan fingerprint density at radius 1 is 1.17 bits per heavy atom. The summed E-state index contributed by atoms with van der Waals surface area (Å²) in [6, 6.07) is 10.8. The summed E-state index contributed by atoms with van der Waals surface area (Å²) in [5, 5.41) is 13.0. The number of piperazine rings is 1. The van der Waals surface area contributed by atoms with Crippen LogP contribution in [0.15, 0.2) is 30.3 Å². The number of likely N-dealkylation sites (tertiary alicyclic amines) is 1. The van der Waals surface area contributed by atoms with E-state index in [2.05, 4.69) is 39.4 Å². The summed E-state index contributed by atoms with van der Waals surface area (Å²) < 4.78 is 0. The summed E-state index contributed by atoms with van der Waals surface area (Å²) in [4.78, 5) is 30.7. The first kappa shape index (κ1) is 20.3. The molecule has 158 valence electrons. The summed E-state index contributed by atoms with van der Waals surface area (Å²) in [5.41, 5.74) is 1.31. The number of nitrogens with zero attached hydrogens (tertiary/aromatic N) is 3. The van der Waals surface area contributed by atoms with E-state index in [1.165, 1.54) is 12.5 Å². The van der Waals surface area contributed by atoms with Crippen LogP contribution in [0.2, 0.25) is 0 Å². The molecule has 3 aliphatic heterocycles. The average Bonchev–Trinajstić information content (AvgIpc) is 3.05. The van der Waals surface area contributed by atoms with Crippen LogP contribution in [0, 0.1) is 0 Å². The highest BCUT2D eigenvalue weighted by atomic mass is 16.3. The van der Waals surface area contributed by atoms with E-state index in [1.54, 1.807) is 0 Å². The molecule has 3 aliphatic rings.